The number of benzene rings is 1. The van der Waals surface area contributed by atoms with Gasteiger partial charge in [0.25, 0.3) is 0 Å². The van der Waals surface area contributed by atoms with E-state index in [1.807, 2.05) is 4.90 Å². The fraction of sp³-hybridized carbons (Fsp3) is 0.500. The van der Waals surface area contributed by atoms with E-state index in [0.717, 1.165) is 6.54 Å². The van der Waals surface area contributed by atoms with Crippen LogP contribution in [-0.2, 0) is 9.84 Å². The van der Waals surface area contributed by atoms with Gasteiger partial charge in [0.15, 0.2) is 15.6 Å². The number of hydrogen-bond acceptors (Lipinski definition) is 4. The van der Waals surface area contributed by atoms with Crippen LogP contribution in [0.15, 0.2) is 24.3 Å². The number of Topliss-reactive ketones (excluding diaryl/α,β-unsaturated/α-hetero) is 1. The first kappa shape index (κ1) is 15.5. The highest BCUT2D eigenvalue weighted by atomic mass is 35.5. The Labute approximate surface area is 124 Å². The number of sulfone groups is 1. The summed E-state index contributed by atoms with van der Waals surface area (Å²) in [6.07, 6.45) is 1.04. The maximum atomic E-state index is 12.0. The lowest BCUT2D eigenvalue weighted by molar-refractivity contribution is 0.0966. The van der Waals surface area contributed by atoms with Crippen LogP contribution in [0.5, 0.6) is 0 Å². The van der Waals surface area contributed by atoms with E-state index in [9.17, 15) is 13.2 Å². The van der Waals surface area contributed by atoms with Crippen molar-refractivity contribution in [2.24, 2.45) is 0 Å². The lowest BCUT2D eigenvalue weighted by Crippen LogP contribution is -2.29. The van der Waals surface area contributed by atoms with Crippen molar-refractivity contribution in [1.29, 1.82) is 0 Å². The minimum Gasteiger partial charge on any atom is -0.302 e. The monoisotopic (exact) mass is 315 g/mol. The summed E-state index contributed by atoms with van der Waals surface area (Å²) >= 11 is 5.86. The second-order valence-electron chi connectivity index (χ2n) is 5.03. The van der Waals surface area contributed by atoms with E-state index in [1.54, 1.807) is 24.3 Å². The normalized spacial score (nSPS) is 19.4. The zero-order valence-corrected chi connectivity index (χ0v) is 12.8. The van der Waals surface area contributed by atoms with Crippen LogP contribution in [-0.4, -0.2) is 50.2 Å². The molecular weight excluding hydrogens is 298 g/mol. The average Bonchev–Trinajstić information content (AvgIpc) is 2.57. The zero-order valence-electron chi connectivity index (χ0n) is 11.2. The summed E-state index contributed by atoms with van der Waals surface area (Å²) in [5.41, 5.74) is 0.611. The van der Waals surface area contributed by atoms with Crippen LogP contribution in [0.3, 0.4) is 0 Å². The summed E-state index contributed by atoms with van der Waals surface area (Å²) in [4.78, 5) is 14.1. The Morgan fingerprint density at radius 1 is 1.25 bits per heavy atom. The predicted octanol–water partition coefficient (Wildman–Crippen LogP) is 2.03. The standard InChI is InChI=1S/C14H18ClNO3S/c15-13-4-1-3-12(11-13)14(17)5-7-16-6-2-9-20(18,19)10-8-16/h1,3-4,11H,2,5-10H2. The van der Waals surface area contributed by atoms with Crippen LogP contribution < -0.4 is 0 Å². The molecule has 2 rings (SSSR count). The molecular formula is C14H18ClNO3S. The molecule has 1 aromatic rings. The molecule has 0 N–H and O–H groups in total. The molecule has 0 saturated carbocycles. The van der Waals surface area contributed by atoms with Crippen molar-refractivity contribution in [3.8, 4) is 0 Å². The zero-order chi connectivity index (χ0) is 14.6. The Bertz CT molecular complexity index is 586. The van der Waals surface area contributed by atoms with Crippen LogP contribution in [0.4, 0.5) is 0 Å². The lowest BCUT2D eigenvalue weighted by Gasteiger charge is -2.18. The van der Waals surface area contributed by atoms with Gasteiger partial charge in [0, 0.05) is 30.1 Å². The molecule has 0 aromatic heterocycles. The second-order valence-corrected chi connectivity index (χ2v) is 7.77. The Balaban J connectivity index is 1.87. The molecule has 20 heavy (non-hydrogen) atoms. The summed E-state index contributed by atoms with van der Waals surface area (Å²) in [6.45, 7) is 1.86. The molecule has 0 unspecified atom stereocenters. The first-order valence-electron chi connectivity index (χ1n) is 6.68. The van der Waals surface area contributed by atoms with Crippen LogP contribution in [0.1, 0.15) is 23.2 Å². The van der Waals surface area contributed by atoms with Crippen molar-refractivity contribution in [1.82, 2.24) is 4.90 Å². The summed E-state index contributed by atoms with van der Waals surface area (Å²) in [6, 6.07) is 6.91. The summed E-state index contributed by atoms with van der Waals surface area (Å²) in [7, 11) is -2.89. The Morgan fingerprint density at radius 2 is 2.05 bits per heavy atom. The Morgan fingerprint density at radius 3 is 2.80 bits per heavy atom. The van der Waals surface area contributed by atoms with E-state index >= 15 is 0 Å². The maximum absolute atomic E-state index is 12.0. The molecule has 0 bridgehead atoms. The van der Waals surface area contributed by atoms with Crippen molar-refractivity contribution in [3.05, 3.63) is 34.9 Å². The first-order chi connectivity index (χ1) is 9.46. The lowest BCUT2D eigenvalue weighted by atomic mass is 10.1. The van der Waals surface area contributed by atoms with Gasteiger partial charge in [-0.15, -0.1) is 0 Å². The predicted molar refractivity (Wildman–Crippen MR) is 80.1 cm³/mol. The highest BCUT2D eigenvalue weighted by molar-refractivity contribution is 7.91. The van der Waals surface area contributed by atoms with E-state index in [0.29, 0.717) is 36.5 Å². The first-order valence-corrected chi connectivity index (χ1v) is 8.88. The molecule has 1 aromatic carbocycles. The SMILES string of the molecule is O=C(CCN1CCCS(=O)(=O)CC1)c1cccc(Cl)c1. The van der Waals surface area contributed by atoms with Gasteiger partial charge in [-0.3, -0.25) is 4.79 Å². The Kier molecular flexibility index (Phi) is 5.18. The van der Waals surface area contributed by atoms with Crippen molar-refractivity contribution < 1.29 is 13.2 Å². The van der Waals surface area contributed by atoms with Crippen LogP contribution in [0.2, 0.25) is 5.02 Å². The van der Waals surface area contributed by atoms with E-state index < -0.39 is 9.84 Å². The minimum absolute atomic E-state index is 0.0413. The van der Waals surface area contributed by atoms with Gasteiger partial charge in [-0.25, -0.2) is 8.42 Å². The molecule has 6 heteroatoms. The highest BCUT2D eigenvalue weighted by Gasteiger charge is 2.19. The summed E-state index contributed by atoms with van der Waals surface area (Å²) < 4.78 is 23.0. The largest absolute Gasteiger partial charge is 0.302 e. The third-order valence-electron chi connectivity index (χ3n) is 3.45. The molecule has 110 valence electrons. The highest BCUT2D eigenvalue weighted by Crippen LogP contribution is 2.13. The second kappa shape index (κ2) is 6.70. The molecule has 0 atom stereocenters. The fourth-order valence-corrected chi connectivity index (χ4v) is 3.78. The number of rotatable bonds is 4. The van der Waals surface area contributed by atoms with Gasteiger partial charge in [-0.2, -0.15) is 0 Å². The molecule has 0 radical (unpaired) electrons. The molecule has 1 aliphatic rings. The smallest absolute Gasteiger partial charge is 0.164 e. The van der Waals surface area contributed by atoms with E-state index in [2.05, 4.69) is 0 Å². The van der Waals surface area contributed by atoms with Crippen molar-refractivity contribution in [3.63, 3.8) is 0 Å². The Hall–Kier alpha value is -0.910. The van der Waals surface area contributed by atoms with Crippen LogP contribution >= 0.6 is 11.6 Å². The van der Waals surface area contributed by atoms with Gasteiger partial charge in [-0.1, -0.05) is 23.7 Å². The molecule has 1 aliphatic heterocycles. The topological polar surface area (TPSA) is 54.5 Å². The number of hydrogen-bond donors (Lipinski definition) is 0. The fourth-order valence-electron chi connectivity index (χ4n) is 2.28. The number of carbonyl (C=O) groups is 1. The van der Waals surface area contributed by atoms with Gasteiger partial charge in [0.05, 0.1) is 11.5 Å². The third kappa shape index (κ3) is 4.58. The molecule has 0 aliphatic carbocycles. The van der Waals surface area contributed by atoms with Gasteiger partial charge in [0.1, 0.15) is 0 Å². The summed E-state index contributed by atoms with van der Waals surface area (Å²) in [5, 5.41) is 0.553. The summed E-state index contributed by atoms with van der Waals surface area (Å²) in [5.74, 6) is 0.490. The average molecular weight is 316 g/mol. The quantitative estimate of drug-likeness (QED) is 0.798. The molecule has 4 nitrogen and oxygen atoms in total. The van der Waals surface area contributed by atoms with Crippen molar-refractivity contribution in [2.45, 2.75) is 12.8 Å². The molecule has 0 amide bonds. The minimum atomic E-state index is -2.89. The van der Waals surface area contributed by atoms with E-state index in [-0.39, 0.29) is 17.3 Å². The van der Waals surface area contributed by atoms with E-state index in [1.165, 1.54) is 0 Å². The van der Waals surface area contributed by atoms with Gasteiger partial charge < -0.3 is 4.90 Å². The van der Waals surface area contributed by atoms with Gasteiger partial charge in [0.2, 0.25) is 0 Å². The van der Waals surface area contributed by atoms with Crippen molar-refractivity contribution in [2.75, 3.05) is 31.1 Å². The molecule has 1 heterocycles. The number of ketones is 1. The van der Waals surface area contributed by atoms with Crippen molar-refractivity contribution >= 4 is 27.2 Å². The number of nitrogens with zero attached hydrogens (tertiary/aromatic N) is 1. The third-order valence-corrected chi connectivity index (χ3v) is 5.40. The van der Waals surface area contributed by atoms with Gasteiger partial charge in [-0.05, 0) is 25.1 Å². The van der Waals surface area contributed by atoms with E-state index in [4.69, 9.17) is 11.6 Å². The molecule has 0 spiro atoms. The molecule has 1 saturated heterocycles. The molecule has 1 fully saturated rings. The maximum Gasteiger partial charge on any atom is 0.164 e. The number of carbonyl (C=O) groups excluding carboxylic acids is 1. The van der Waals surface area contributed by atoms with Crippen LogP contribution in [0, 0.1) is 0 Å². The number of halogens is 1. The van der Waals surface area contributed by atoms with Gasteiger partial charge >= 0.3 is 0 Å². The van der Waals surface area contributed by atoms with Crippen LogP contribution in [0.25, 0.3) is 0 Å².